The Hall–Kier alpha value is -2.16. The number of aryl methyl sites for hydroxylation is 1. The number of carbonyl (C=O) groups is 1. The van der Waals surface area contributed by atoms with E-state index in [1.807, 2.05) is 19.1 Å². The van der Waals surface area contributed by atoms with Crippen LogP contribution >= 0.6 is 0 Å². The minimum atomic E-state index is -0.290. The fourth-order valence-electron chi connectivity index (χ4n) is 2.21. The van der Waals surface area contributed by atoms with Crippen LogP contribution in [0.2, 0.25) is 0 Å². The molecule has 2 aromatic rings. The van der Waals surface area contributed by atoms with Gasteiger partial charge in [0.2, 0.25) is 0 Å². The lowest BCUT2D eigenvalue weighted by Crippen LogP contribution is -2.00. The predicted molar refractivity (Wildman–Crippen MR) is 77.8 cm³/mol. The number of hydrogen-bond donors (Lipinski definition) is 0. The second-order valence-electron chi connectivity index (χ2n) is 4.61. The Morgan fingerprint density at radius 3 is 2.50 bits per heavy atom. The van der Waals surface area contributed by atoms with Gasteiger partial charge < -0.3 is 4.74 Å². The summed E-state index contributed by atoms with van der Waals surface area (Å²) in [6.07, 6.45) is 0.537. The molecular formula is C17H17FO2. The Morgan fingerprint density at radius 2 is 1.90 bits per heavy atom. The molecule has 2 aromatic carbocycles. The van der Waals surface area contributed by atoms with E-state index in [1.54, 1.807) is 31.4 Å². The Balaban J connectivity index is 2.72. The van der Waals surface area contributed by atoms with Crippen molar-refractivity contribution >= 4 is 5.78 Å². The normalized spacial score (nSPS) is 10.4. The van der Waals surface area contributed by atoms with Gasteiger partial charge in [-0.25, -0.2) is 4.39 Å². The first-order chi connectivity index (χ1) is 9.58. The van der Waals surface area contributed by atoms with Gasteiger partial charge in [0.1, 0.15) is 11.6 Å². The summed E-state index contributed by atoms with van der Waals surface area (Å²) < 4.78 is 19.8. The Kier molecular flexibility index (Phi) is 4.18. The standard InChI is InChI=1S/C17H17FO2/c1-4-12-9-13(11(2)19)10-15(17(12)18)14-7-5-6-8-16(14)20-3/h5-10H,4H2,1-3H3. The summed E-state index contributed by atoms with van der Waals surface area (Å²) in [7, 11) is 1.55. The van der Waals surface area contributed by atoms with Gasteiger partial charge in [-0.1, -0.05) is 25.1 Å². The van der Waals surface area contributed by atoms with Gasteiger partial charge in [-0.05, 0) is 37.1 Å². The monoisotopic (exact) mass is 272 g/mol. The molecule has 0 heterocycles. The molecule has 0 aliphatic heterocycles. The van der Waals surface area contributed by atoms with E-state index in [2.05, 4.69) is 0 Å². The number of methoxy groups -OCH3 is 1. The van der Waals surface area contributed by atoms with Crippen LogP contribution in [0.5, 0.6) is 5.75 Å². The first-order valence-corrected chi connectivity index (χ1v) is 6.55. The molecule has 20 heavy (non-hydrogen) atoms. The third-order valence-electron chi connectivity index (χ3n) is 3.33. The van der Waals surface area contributed by atoms with Gasteiger partial charge in [-0.15, -0.1) is 0 Å². The molecule has 0 N–H and O–H groups in total. The molecule has 0 amide bonds. The van der Waals surface area contributed by atoms with Crippen molar-refractivity contribution in [2.24, 2.45) is 0 Å². The van der Waals surface area contributed by atoms with Gasteiger partial charge in [0, 0.05) is 16.7 Å². The first-order valence-electron chi connectivity index (χ1n) is 6.55. The highest BCUT2D eigenvalue weighted by Gasteiger charge is 2.16. The molecule has 2 rings (SSSR count). The maximum atomic E-state index is 14.6. The van der Waals surface area contributed by atoms with Crippen molar-refractivity contribution in [2.75, 3.05) is 7.11 Å². The molecule has 0 unspecified atom stereocenters. The number of ether oxygens (including phenoxy) is 1. The van der Waals surface area contributed by atoms with Gasteiger partial charge in [0.25, 0.3) is 0 Å². The fourth-order valence-corrected chi connectivity index (χ4v) is 2.21. The Morgan fingerprint density at radius 1 is 1.20 bits per heavy atom. The molecule has 0 saturated heterocycles. The summed E-state index contributed by atoms with van der Waals surface area (Å²) in [6, 6.07) is 10.4. The third-order valence-corrected chi connectivity index (χ3v) is 3.33. The van der Waals surface area contributed by atoms with E-state index >= 15 is 0 Å². The van der Waals surface area contributed by atoms with Crippen molar-refractivity contribution in [3.8, 4) is 16.9 Å². The number of benzene rings is 2. The molecule has 0 saturated carbocycles. The highest BCUT2D eigenvalue weighted by atomic mass is 19.1. The molecule has 0 bridgehead atoms. The molecule has 0 fully saturated rings. The number of carbonyl (C=O) groups excluding carboxylic acids is 1. The summed E-state index contributed by atoms with van der Waals surface area (Å²) in [6.45, 7) is 3.35. The Labute approximate surface area is 118 Å². The molecule has 0 aliphatic rings. The van der Waals surface area contributed by atoms with E-state index in [9.17, 15) is 9.18 Å². The van der Waals surface area contributed by atoms with E-state index in [0.717, 1.165) is 0 Å². The number of rotatable bonds is 4. The van der Waals surface area contributed by atoms with Crippen LogP contribution in [0.1, 0.15) is 29.8 Å². The van der Waals surface area contributed by atoms with Crippen LogP contribution in [0.3, 0.4) is 0 Å². The van der Waals surface area contributed by atoms with Crippen molar-refractivity contribution in [3.05, 3.63) is 53.3 Å². The molecule has 0 atom stereocenters. The van der Waals surface area contributed by atoms with Crippen LogP contribution in [-0.2, 0) is 6.42 Å². The zero-order valence-corrected chi connectivity index (χ0v) is 11.9. The third kappa shape index (κ3) is 2.57. The summed E-state index contributed by atoms with van der Waals surface area (Å²) in [5.41, 5.74) is 2.13. The second kappa shape index (κ2) is 5.87. The SMILES string of the molecule is CCc1cc(C(C)=O)cc(-c2ccccc2OC)c1F. The van der Waals surface area contributed by atoms with Crippen molar-refractivity contribution in [1.82, 2.24) is 0 Å². The van der Waals surface area contributed by atoms with Crippen molar-refractivity contribution < 1.29 is 13.9 Å². The molecule has 104 valence electrons. The average Bonchev–Trinajstić information content (AvgIpc) is 2.47. The van der Waals surface area contributed by atoms with Gasteiger partial charge in [0.15, 0.2) is 5.78 Å². The number of halogens is 1. The van der Waals surface area contributed by atoms with Crippen LogP contribution in [-0.4, -0.2) is 12.9 Å². The average molecular weight is 272 g/mol. The minimum Gasteiger partial charge on any atom is -0.496 e. The molecule has 3 heteroatoms. The lowest BCUT2D eigenvalue weighted by Gasteiger charge is -2.13. The predicted octanol–water partition coefficient (Wildman–Crippen LogP) is 4.27. The first kappa shape index (κ1) is 14.3. The van der Waals surface area contributed by atoms with Gasteiger partial charge in [0.05, 0.1) is 7.11 Å². The highest BCUT2D eigenvalue weighted by molar-refractivity contribution is 5.96. The van der Waals surface area contributed by atoms with E-state index in [1.165, 1.54) is 6.92 Å². The number of Topliss-reactive ketones (excluding diaryl/α,β-unsaturated/α-hetero) is 1. The lowest BCUT2D eigenvalue weighted by atomic mass is 9.96. The maximum absolute atomic E-state index is 14.6. The van der Waals surface area contributed by atoms with Gasteiger partial charge in [-0.2, -0.15) is 0 Å². The van der Waals surface area contributed by atoms with Crippen LogP contribution in [0.15, 0.2) is 36.4 Å². The van der Waals surface area contributed by atoms with E-state index in [0.29, 0.717) is 34.4 Å². The van der Waals surface area contributed by atoms with E-state index in [-0.39, 0.29) is 11.6 Å². The number of hydrogen-bond acceptors (Lipinski definition) is 2. The van der Waals surface area contributed by atoms with Crippen LogP contribution in [0.4, 0.5) is 4.39 Å². The summed E-state index contributed by atoms with van der Waals surface area (Å²) in [5.74, 6) is 0.229. The van der Waals surface area contributed by atoms with Crippen LogP contribution in [0, 0.1) is 5.82 Å². The minimum absolute atomic E-state index is 0.0733. The fraction of sp³-hybridized carbons (Fsp3) is 0.235. The van der Waals surface area contributed by atoms with Crippen molar-refractivity contribution in [2.45, 2.75) is 20.3 Å². The van der Waals surface area contributed by atoms with Gasteiger partial charge >= 0.3 is 0 Å². The smallest absolute Gasteiger partial charge is 0.159 e. The highest BCUT2D eigenvalue weighted by Crippen LogP contribution is 2.33. The largest absolute Gasteiger partial charge is 0.496 e. The zero-order chi connectivity index (χ0) is 14.7. The Bertz CT molecular complexity index is 647. The molecule has 0 spiro atoms. The van der Waals surface area contributed by atoms with Gasteiger partial charge in [-0.3, -0.25) is 4.79 Å². The van der Waals surface area contributed by atoms with Crippen molar-refractivity contribution in [1.29, 1.82) is 0 Å². The second-order valence-corrected chi connectivity index (χ2v) is 4.61. The topological polar surface area (TPSA) is 26.3 Å². The molecule has 0 aliphatic carbocycles. The van der Waals surface area contributed by atoms with Crippen molar-refractivity contribution in [3.63, 3.8) is 0 Å². The molecule has 0 radical (unpaired) electrons. The summed E-state index contributed by atoms with van der Waals surface area (Å²) >= 11 is 0. The van der Waals surface area contributed by atoms with Crippen LogP contribution < -0.4 is 4.74 Å². The van der Waals surface area contributed by atoms with E-state index in [4.69, 9.17) is 4.74 Å². The lowest BCUT2D eigenvalue weighted by molar-refractivity contribution is 0.101. The van der Waals surface area contributed by atoms with Crippen LogP contribution in [0.25, 0.3) is 11.1 Å². The van der Waals surface area contributed by atoms with E-state index < -0.39 is 0 Å². The maximum Gasteiger partial charge on any atom is 0.159 e. The zero-order valence-electron chi connectivity index (χ0n) is 11.9. The summed E-state index contributed by atoms with van der Waals surface area (Å²) in [4.78, 5) is 11.6. The molecule has 0 aromatic heterocycles. The summed E-state index contributed by atoms with van der Waals surface area (Å²) in [5, 5.41) is 0. The number of para-hydroxylation sites is 1. The molecular weight excluding hydrogens is 255 g/mol. The quantitative estimate of drug-likeness (QED) is 0.777. The number of ketones is 1. The molecule has 2 nitrogen and oxygen atoms in total.